The Hall–Kier alpha value is -1.85. The Morgan fingerprint density at radius 1 is 1.04 bits per heavy atom. The monoisotopic (exact) mass is 369 g/mol. The lowest BCUT2D eigenvalue weighted by molar-refractivity contribution is -0.137. The van der Waals surface area contributed by atoms with Crippen molar-refractivity contribution in [2.75, 3.05) is 37.6 Å². The van der Waals surface area contributed by atoms with E-state index in [4.69, 9.17) is 0 Å². The molecule has 5 heteroatoms. The minimum Gasteiger partial charge on any atom is -0.368 e. The lowest BCUT2D eigenvalue weighted by Gasteiger charge is -2.39. The van der Waals surface area contributed by atoms with Gasteiger partial charge in [-0.1, -0.05) is 24.3 Å². The predicted octanol–water partition coefficient (Wildman–Crippen LogP) is 3.62. The first kappa shape index (κ1) is 17.6. The van der Waals surface area contributed by atoms with Gasteiger partial charge in [-0.25, -0.2) is 0 Å². The fourth-order valence-electron chi connectivity index (χ4n) is 4.27. The average Bonchev–Trinajstić information content (AvgIpc) is 3.39. The number of carbonyl (C=O) groups excluding carboxylic acids is 1. The van der Waals surface area contributed by atoms with Crippen molar-refractivity contribution < 1.29 is 4.79 Å². The van der Waals surface area contributed by atoms with Crippen molar-refractivity contribution in [3.63, 3.8) is 0 Å². The molecular formula is C21H27N3OS. The highest BCUT2D eigenvalue weighted by molar-refractivity contribution is 7.10. The lowest BCUT2D eigenvalue weighted by Crippen LogP contribution is -2.54. The summed E-state index contributed by atoms with van der Waals surface area (Å²) in [6.45, 7) is 6.58. The van der Waals surface area contributed by atoms with Gasteiger partial charge in [-0.05, 0) is 49.9 Å². The van der Waals surface area contributed by atoms with E-state index >= 15 is 0 Å². The van der Waals surface area contributed by atoms with Crippen molar-refractivity contribution in [2.45, 2.75) is 31.8 Å². The number of thiophene rings is 1. The Balaban J connectivity index is 1.37. The topological polar surface area (TPSA) is 26.8 Å². The molecule has 0 N–H and O–H groups in total. The number of likely N-dealkylation sites (tertiary alicyclic amines) is 1. The molecule has 0 radical (unpaired) electrons. The Morgan fingerprint density at radius 3 is 2.50 bits per heavy atom. The first-order valence-electron chi connectivity index (χ1n) is 9.62. The Bertz CT molecular complexity index is 710. The third-order valence-corrected chi connectivity index (χ3v) is 6.71. The normalized spacial score (nSPS) is 22.6. The van der Waals surface area contributed by atoms with Crippen LogP contribution in [0.5, 0.6) is 0 Å². The number of nitrogens with zero attached hydrogens (tertiary/aromatic N) is 3. The standard InChI is InChI=1S/C21H27N3OS/c1-17(24-11-5-9-19(24)20-10-6-16-26-20)21(25)23-14-12-22(13-15-23)18-7-3-2-4-8-18/h2-4,6-8,10,16-17,19H,5,9,11-15H2,1H3/t17-,19-/m1/s1. The molecule has 4 rings (SSSR count). The van der Waals surface area contributed by atoms with Crippen LogP contribution in [0.2, 0.25) is 0 Å². The van der Waals surface area contributed by atoms with E-state index in [1.165, 1.54) is 23.4 Å². The van der Waals surface area contributed by atoms with Crippen molar-refractivity contribution in [1.82, 2.24) is 9.80 Å². The van der Waals surface area contributed by atoms with Gasteiger partial charge in [0.05, 0.1) is 6.04 Å². The maximum Gasteiger partial charge on any atom is 0.239 e. The van der Waals surface area contributed by atoms with Crippen molar-refractivity contribution in [2.24, 2.45) is 0 Å². The Morgan fingerprint density at radius 2 is 1.81 bits per heavy atom. The number of para-hydroxylation sites is 1. The van der Waals surface area contributed by atoms with E-state index in [-0.39, 0.29) is 6.04 Å². The largest absolute Gasteiger partial charge is 0.368 e. The van der Waals surface area contributed by atoms with Gasteiger partial charge in [-0.15, -0.1) is 11.3 Å². The summed E-state index contributed by atoms with van der Waals surface area (Å²) in [5.74, 6) is 0.293. The van der Waals surface area contributed by atoms with Crippen LogP contribution in [0.15, 0.2) is 47.8 Å². The maximum absolute atomic E-state index is 13.1. The van der Waals surface area contributed by atoms with Gasteiger partial charge < -0.3 is 9.80 Å². The van der Waals surface area contributed by atoms with Gasteiger partial charge in [0.2, 0.25) is 5.91 Å². The molecule has 2 aliphatic heterocycles. The highest BCUT2D eigenvalue weighted by atomic mass is 32.1. The molecule has 2 aromatic rings. The lowest BCUT2D eigenvalue weighted by atomic mass is 10.1. The van der Waals surface area contributed by atoms with E-state index in [9.17, 15) is 4.79 Å². The molecule has 4 nitrogen and oxygen atoms in total. The summed E-state index contributed by atoms with van der Waals surface area (Å²) in [5.41, 5.74) is 1.25. The zero-order valence-corrected chi connectivity index (χ0v) is 16.2. The number of benzene rings is 1. The quantitative estimate of drug-likeness (QED) is 0.823. The smallest absolute Gasteiger partial charge is 0.239 e. The molecule has 2 aliphatic rings. The van der Waals surface area contributed by atoms with Crippen LogP contribution in [-0.2, 0) is 4.79 Å². The number of hydrogen-bond acceptors (Lipinski definition) is 4. The third kappa shape index (κ3) is 3.51. The van der Waals surface area contributed by atoms with Crippen LogP contribution >= 0.6 is 11.3 Å². The van der Waals surface area contributed by atoms with Crippen LogP contribution in [0.25, 0.3) is 0 Å². The second-order valence-electron chi connectivity index (χ2n) is 7.24. The molecule has 138 valence electrons. The number of anilines is 1. The number of amides is 1. The zero-order valence-electron chi connectivity index (χ0n) is 15.4. The van der Waals surface area contributed by atoms with Crippen LogP contribution in [0.3, 0.4) is 0 Å². The van der Waals surface area contributed by atoms with Gasteiger partial charge in [0.25, 0.3) is 0 Å². The molecule has 1 aromatic carbocycles. The molecule has 0 aliphatic carbocycles. The van der Waals surface area contributed by atoms with Crippen molar-refractivity contribution in [1.29, 1.82) is 0 Å². The Labute approximate surface area is 160 Å². The number of carbonyl (C=O) groups is 1. The summed E-state index contributed by atoms with van der Waals surface area (Å²) in [4.78, 5) is 21.4. The third-order valence-electron chi connectivity index (χ3n) is 5.73. The van der Waals surface area contributed by atoms with Crippen LogP contribution in [0.1, 0.15) is 30.7 Å². The summed E-state index contributed by atoms with van der Waals surface area (Å²) in [6.07, 6.45) is 2.35. The molecule has 1 amide bonds. The molecule has 3 heterocycles. The highest BCUT2D eigenvalue weighted by Crippen LogP contribution is 2.36. The fraction of sp³-hybridized carbons (Fsp3) is 0.476. The molecular weight excluding hydrogens is 342 g/mol. The number of hydrogen-bond donors (Lipinski definition) is 0. The molecule has 0 spiro atoms. The predicted molar refractivity (Wildman–Crippen MR) is 108 cm³/mol. The second-order valence-corrected chi connectivity index (χ2v) is 8.21. The van der Waals surface area contributed by atoms with Crippen LogP contribution in [0, 0.1) is 0 Å². The number of rotatable bonds is 4. The molecule has 0 saturated carbocycles. The van der Waals surface area contributed by atoms with Crippen LogP contribution in [-0.4, -0.2) is 54.5 Å². The average molecular weight is 370 g/mol. The van der Waals surface area contributed by atoms with Gasteiger partial charge in [-0.3, -0.25) is 9.69 Å². The SMILES string of the molecule is C[C@H](C(=O)N1CCN(c2ccccc2)CC1)N1CCC[C@@H]1c1cccs1. The molecule has 2 fully saturated rings. The van der Waals surface area contributed by atoms with Crippen molar-refractivity contribution >= 4 is 22.9 Å². The molecule has 1 aromatic heterocycles. The second kappa shape index (κ2) is 7.80. The van der Waals surface area contributed by atoms with E-state index in [1.54, 1.807) is 0 Å². The van der Waals surface area contributed by atoms with E-state index < -0.39 is 0 Å². The molecule has 2 atom stereocenters. The first-order chi connectivity index (χ1) is 12.7. The van der Waals surface area contributed by atoms with E-state index in [0.29, 0.717) is 11.9 Å². The highest BCUT2D eigenvalue weighted by Gasteiger charge is 2.35. The maximum atomic E-state index is 13.1. The summed E-state index contributed by atoms with van der Waals surface area (Å²) >= 11 is 1.81. The van der Waals surface area contributed by atoms with Gasteiger partial charge in [0, 0.05) is 42.8 Å². The molecule has 2 saturated heterocycles. The molecule has 0 bridgehead atoms. The first-order valence-corrected chi connectivity index (χ1v) is 10.5. The van der Waals surface area contributed by atoms with E-state index in [0.717, 1.165) is 32.7 Å². The van der Waals surface area contributed by atoms with E-state index in [2.05, 4.69) is 63.4 Å². The molecule has 0 unspecified atom stereocenters. The number of piperazine rings is 1. The Kier molecular flexibility index (Phi) is 5.27. The van der Waals surface area contributed by atoms with Crippen molar-refractivity contribution in [3.8, 4) is 0 Å². The van der Waals surface area contributed by atoms with Crippen molar-refractivity contribution in [3.05, 3.63) is 52.7 Å². The van der Waals surface area contributed by atoms with E-state index in [1.807, 2.05) is 17.4 Å². The van der Waals surface area contributed by atoms with Gasteiger partial charge in [0.15, 0.2) is 0 Å². The minimum absolute atomic E-state index is 0.0344. The zero-order chi connectivity index (χ0) is 17.9. The summed E-state index contributed by atoms with van der Waals surface area (Å²) in [6, 6.07) is 15.2. The summed E-state index contributed by atoms with van der Waals surface area (Å²) in [5, 5.41) is 2.14. The van der Waals surface area contributed by atoms with Gasteiger partial charge in [0.1, 0.15) is 0 Å². The van der Waals surface area contributed by atoms with Gasteiger partial charge in [-0.2, -0.15) is 0 Å². The van der Waals surface area contributed by atoms with Crippen LogP contribution < -0.4 is 4.90 Å². The molecule has 26 heavy (non-hydrogen) atoms. The van der Waals surface area contributed by atoms with Crippen LogP contribution in [0.4, 0.5) is 5.69 Å². The fourth-order valence-corrected chi connectivity index (χ4v) is 5.15. The van der Waals surface area contributed by atoms with Gasteiger partial charge >= 0.3 is 0 Å². The minimum atomic E-state index is -0.0344. The summed E-state index contributed by atoms with van der Waals surface area (Å²) < 4.78 is 0. The summed E-state index contributed by atoms with van der Waals surface area (Å²) in [7, 11) is 0.